The van der Waals surface area contributed by atoms with Crippen LogP contribution in [0.2, 0.25) is 0 Å². The van der Waals surface area contributed by atoms with Crippen LogP contribution in [0.1, 0.15) is 6.42 Å². The lowest BCUT2D eigenvalue weighted by Gasteiger charge is -2.20. The van der Waals surface area contributed by atoms with Gasteiger partial charge in [0, 0.05) is 23.8 Å². The number of carbonyl (C=O) groups excluding carboxylic acids is 1. The molecule has 5 nitrogen and oxygen atoms in total. The summed E-state index contributed by atoms with van der Waals surface area (Å²) in [6.45, 7) is 0. The second-order valence-corrected chi connectivity index (χ2v) is 6.03. The maximum atomic E-state index is 14.1. The molecule has 1 fully saturated rings. The molecule has 1 unspecified atom stereocenters. The first kappa shape index (κ1) is 14.1. The number of nitrogens with zero attached hydrogens (tertiary/aromatic N) is 2. The van der Waals surface area contributed by atoms with Crippen LogP contribution in [0.25, 0.3) is 5.69 Å². The third kappa shape index (κ3) is 2.79. The first-order valence-corrected chi connectivity index (χ1v) is 7.63. The average Bonchev–Trinajstić information content (AvgIpc) is 3.11. The zero-order valence-electron chi connectivity index (χ0n) is 11.1. The van der Waals surface area contributed by atoms with Crippen molar-refractivity contribution in [3.8, 4) is 5.69 Å². The van der Waals surface area contributed by atoms with Gasteiger partial charge in [0.05, 0.1) is 12.0 Å². The molecule has 21 heavy (non-hydrogen) atoms. The Morgan fingerprint density at radius 1 is 1.52 bits per heavy atom. The van der Waals surface area contributed by atoms with Gasteiger partial charge in [0.15, 0.2) is 5.60 Å². The van der Waals surface area contributed by atoms with Gasteiger partial charge < -0.3 is 15.0 Å². The van der Waals surface area contributed by atoms with E-state index in [2.05, 4.69) is 10.3 Å². The van der Waals surface area contributed by atoms with E-state index in [-0.39, 0.29) is 0 Å². The highest BCUT2D eigenvalue weighted by Gasteiger charge is 2.39. The number of anilines is 1. The molecule has 1 aliphatic heterocycles. The summed E-state index contributed by atoms with van der Waals surface area (Å²) in [7, 11) is 0. The van der Waals surface area contributed by atoms with Gasteiger partial charge in [0.2, 0.25) is 0 Å². The number of thioether (sulfide) groups is 1. The van der Waals surface area contributed by atoms with E-state index in [1.165, 1.54) is 24.2 Å². The van der Waals surface area contributed by atoms with Crippen LogP contribution in [0.5, 0.6) is 0 Å². The Kier molecular flexibility index (Phi) is 3.69. The molecule has 0 bridgehead atoms. The SMILES string of the molecule is O=C(Nc1ccc(-n2ccnc2)c(F)c1)C1(O)CCSC1. The molecule has 110 valence electrons. The minimum atomic E-state index is -1.36. The van der Waals surface area contributed by atoms with E-state index in [1.54, 1.807) is 29.1 Å². The topological polar surface area (TPSA) is 67.2 Å². The standard InChI is InChI=1S/C14H14FN3O2S/c15-11-7-10(1-2-12(11)18-5-4-16-9-18)17-13(19)14(20)3-6-21-8-14/h1-2,4-5,7,9,20H,3,6,8H2,(H,17,19). The van der Waals surface area contributed by atoms with Gasteiger partial charge in [0.25, 0.3) is 5.91 Å². The molecule has 1 amide bonds. The molecule has 3 rings (SSSR count). The minimum absolute atomic E-state index is 0.326. The molecule has 0 radical (unpaired) electrons. The van der Waals surface area contributed by atoms with Crippen molar-refractivity contribution in [2.24, 2.45) is 0 Å². The maximum Gasteiger partial charge on any atom is 0.257 e. The number of rotatable bonds is 3. The zero-order valence-corrected chi connectivity index (χ0v) is 11.9. The van der Waals surface area contributed by atoms with Gasteiger partial charge >= 0.3 is 0 Å². The Morgan fingerprint density at radius 2 is 2.38 bits per heavy atom. The van der Waals surface area contributed by atoms with E-state index in [0.717, 1.165) is 5.75 Å². The van der Waals surface area contributed by atoms with E-state index < -0.39 is 17.3 Å². The van der Waals surface area contributed by atoms with Crippen molar-refractivity contribution in [3.63, 3.8) is 0 Å². The smallest absolute Gasteiger partial charge is 0.257 e. The summed E-state index contributed by atoms with van der Waals surface area (Å²) in [6, 6.07) is 4.39. The summed E-state index contributed by atoms with van der Waals surface area (Å²) in [5, 5.41) is 12.7. The predicted molar refractivity (Wildman–Crippen MR) is 79.0 cm³/mol. The van der Waals surface area contributed by atoms with E-state index >= 15 is 0 Å². The summed E-state index contributed by atoms with van der Waals surface area (Å²) in [6.07, 6.45) is 5.10. The molecule has 2 aromatic rings. The van der Waals surface area contributed by atoms with Crippen LogP contribution in [0.3, 0.4) is 0 Å². The van der Waals surface area contributed by atoms with Gasteiger partial charge in [-0.3, -0.25) is 4.79 Å². The molecule has 1 saturated heterocycles. The number of hydrogen-bond donors (Lipinski definition) is 2. The molecular formula is C14H14FN3O2S. The van der Waals surface area contributed by atoms with E-state index in [1.807, 2.05) is 0 Å². The monoisotopic (exact) mass is 307 g/mol. The second-order valence-electron chi connectivity index (χ2n) is 4.92. The molecule has 7 heteroatoms. The van der Waals surface area contributed by atoms with E-state index in [4.69, 9.17) is 0 Å². The second kappa shape index (κ2) is 5.50. The normalized spacial score (nSPS) is 21.4. The Balaban J connectivity index is 1.78. The summed E-state index contributed by atoms with van der Waals surface area (Å²) >= 11 is 1.53. The molecule has 1 aliphatic rings. The van der Waals surface area contributed by atoms with Gasteiger partial charge in [-0.25, -0.2) is 9.37 Å². The quantitative estimate of drug-likeness (QED) is 0.907. The van der Waals surface area contributed by atoms with Crippen molar-refractivity contribution in [2.45, 2.75) is 12.0 Å². The lowest BCUT2D eigenvalue weighted by molar-refractivity contribution is -0.131. The van der Waals surface area contributed by atoms with E-state index in [9.17, 15) is 14.3 Å². The third-order valence-electron chi connectivity index (χ3n) is 3.41. The van der Waals surface area contributed by atoms with Gasteiger partial charge in [-0.15, -0.1) is 0 Å². The number of nitrogens with one attached hydrogen (secondary N) is 1. The van der Waals surface area contributed by atoms with Gasteiger partial charge in [-0.05, 0) is 30.4 Å². The molecule has 0 saturated carbocycles. The van der Waals surface area contributed by atoms with Crippen LogP contribution < -0.4 is 5.32 Å². The summed E-state index contributed by atoms with van der Waals surface area (Å²) in [5.41, 5.74) is -0.684. The number of hydrogen-bond acceptors (Lipinski definition) is 4. The molecular weight excluding hydrogens is 293 g/mol. The highest BCUT2D eigenvalue weighted by molar-refractivity contribution is 7.99. The fourth-order valence-corrected chi connectivity index (χ4v) is 3.42. The average molecular weight is 307 g/mol. The van der Waals surface area contributed by atoms with Crippen LogP contribution >= 0.6 is 11.8 Å². The Bertz CT molecular complexity index is 654. The molecule has 0 aliphatic carbocycles. The van der Waals surface area contributed by atoms with Crippen LogP contribution in [0.4, 0.5) is 10.1 Å². The first-order chi connectivity index (χ1) is 10.1. The minimum Gasteiger partial charge on any atom is -0.379 e. The predicted octanol–water partition coefficient (Wildman–Crippen LogP) is 1.82. The Hall–Kier alpha value is -1.86. The number of aromatic nitrogens is 2. The summed E-state index contributed by atoms with van der Waals surface area (Å²) in [5.74, 6) is 0.160. The molecule has 1 aromatic heterocycles. The van der Waals surface area contributed by atoms with Crippen molar-refractivity contribution < 1.29 is 14.3 Å². The lowest BCUT2D eigenvalue weighted by atomic mass is 10.0. The van der Waals surface area contributed by atoms with Crippen molar-refractivity contribution in [1.29, 1.82) is 0 Å². The van der Waals surface area contributed by atoms with Crippen molar-refractivity contribution in [2.75, 3.05) is 16.8 Å². The van der Waals surface area contributed by atoms with Crippen LogP contribution in [-0.4, -0.2) is 37.7 Å². The Labute approximate surface area is 125 Å². The fraction of sp³-hybridized carbons (Fsp3) is 0.286. The van der Waals surface area contributed by atoms with Crippen molar-refractivity contribution in [3.05, 3.63) is 42.7 Å². The Morgan fingerprint density at radius 3 is 3.00 bits per heavy atom. The lowest BCUT2D eigenvalue weighted by Crippen LogP contribution is -2.42. The number of imidazole rings is 1. The number of halogens is 1. The van der Waals surface area contributed by atoms with Crippen molar-refractivity contribution in [1.82, 2.24) is 9.55 Å². The summed E-state index contributed by atoms with van der Waals surface area (Å²) in [4.78, 5) is 15.9. The van der Waals surface area contributed by atoms with Gasteiger partial charge in [0.1, 0.15) is 5.82 Å². The van der Waals surface area contributed by atoms with Crippen LogP contribution in [-0.2, 0) is 4.79 Å². The molecule has 0 spiro atoms. The fourth-order valence-electron chi connectivity index (χ4n) is 2.18. The van der Waals surface area contributed by atoms with Crippen molar-refractivity contribution >= 4 is 23.4 Å². The maximum absolute atomic E-state index is 14.1. The van der Waals surface area contributed by atoms with E-state index in [0.29, 0.717) is 23.5 Å². The van der Waals surface area contributed by atoms with Gasteiger partial charge in [-0.2, -0.15) is 11.8 Å². The number of benzene rings is 1. The zero-order chi connectivity index (χ0) is 14.9. The number of aliphatic hydroxyl groups is 1. The highest BCUT2D eigenvalue weighted by Crippen LogP contribution is 2.29. The largest absolute Gasteiger partial charge is 0.379 e. The molecule has 1 atom stereocenters. The van der Waals surface area contributed by atoms with Crippen LogP contribution in [0, 0.1) is 5.82 Å². The molecule has 1 aromatic carbocycles. The summed E-state index contributed by atoms with van der Waals surface area (Å²) < 4.78 is 15.6. The third-order valence-corrected chi connectivity index (χ3v) is 4.59. The highest BCUT2D eigenvalue weighted by atomic mass is 32.2. The molecule has 2 heterocycles. The van der Waals surface area contributed by atoms with Crippen LogP contribution in [0.15, 0.2) is 36.9 Å². The van der Waals surface area contributed by atoms with Gasteiger partial charge in [-0.1, -0.05) is 0 Å². The first-order valence-electron chi connectivity index (χ1n) is 6.48. The molecule has 2 N–H and O–H groups in total. The number of carbonyl (C=O) groups is 1. The number of amides is 1.